The number of para-hydroxylation sites is 1. The number of aldehydes is 1. The number of hydrogen-bond acceptors (Lipinski definition) is 6. The second-order valence-electron chi connectivity index (χ2n) is 8.92. The van der Waals surface area contributed by atoms with Crippen molar-refractivity contribution in [2.24, 2.45) is 5.92 Å². The number of hydrogen-bond donors (Lipinski definition) is 1. The van der Waals surface area contributed by atoms with Crippen LogP contribution in [0.1, 0.15) is 60.9 Å². The van der Waals surface area contributed by atoms with Crippen LogP contribution in [0.25, 0.3) is 10.9 Å². The maximum Gasteiger partial charge on any atom is 0.320 e. The highest BCUT2D eigenvalue weighted by Gasteiger charge is 2.36. The normalized spacial score (nSPS) is 18.5. The fraction of sp³-hybridized carbons (Fsp3) is 0.370. The first-order valence-electron chi connectivity index (χ1n) is 11.6. The maximum atomic E-state index is 12.4. The highest BCUT2D eigenvalue weighted by molar-refractivity contribution is 5.95. The molecule has 0 amide bonds. The molecule has 5 rings (SSSR count). The van der Waals surface area contributed by atoms with E-state index in [-0.39, 0.29) is 12.6 Å². The molecule has 2 aliphatic rings. The Kier molecular flexibility index (Phi) is 5.99. The van der Waals surface area contributed by atoms with Crippen LogP contribution < -0.4 is 10.1 Å². The van der Waals surface area contributed by atoms with Gasteiger partial charge in [0.2, 0.25) is 0 Å². The van der Waals surface area contributed by atoms with Crippen LogP contribution >= 0.6 is 0 Å². The summed E-state index contributed by atoms with van der Waals surface area (Å²) in [6, 6.07) is 15.9. The van der Waals surface area contributed by atoms with E-state index in [1.165, 1.54) is 26.4 Å². The summed E-state index contributed by atoms with van der Waals surface area (Å²) in [4.78, 5) is 29.0. The Morgan fingerprint density at radius 3 is 2.76 bits per heavy atom. The van der Waals surface area contributed by atoms with Crippen LogP contribution in [0.2, 0.25) is 0 Å². The number of pyridine rings is 1. The van der Waals surface area contributed by atoms with Crippen molar-refractivity contribution >= 4 is 28.8 Å². The molecular weight excluding hydrogens is 416 g/mol. The number of rotatable bonds is 7. The van der Waals surface area contributed by atoms with Crippen molar-refractivity contribution in [3.8, 4) is 5.75 Å². The van der Waals surface area contributed by atoms with Gasteiger partial charge in [0, 0.05) is 5.39 Å². The summed E-state index contributed by atoms with van der Waals surface area (Å²) in [5.41, 5.74) is 4.31. The number of fused-ring (bicyclic) bond motifs is 3. The van der Waals surface area contributed by atoms with Crippen LogP contribution in [0.15, 0.2) is 48.5 Å². The zero-order chi connectivity index (χ0) is 22.8. The SMILES string of the molecule is COC(=O)C(C=O)c1cc(OCc2ccc3ccccc3n2)c2cc1C(C1CCCCC1)N2. The van der Waals surface area contributed by atoms with Crippen molar-refractivity contribution < 1.29 is 19.1 Å². The van der Waals surface area contributed by atoms with Gasteiger partial charge in [0.1, 0.15) is 24.6 Å². The summed E-state index contributed by atoms with van der Waals surface area (Å²) in [7, 11) is 1.31. The molecule has 2 bridgehead atoms. The molecule has 2 aromatic carbocycles. The van der Waals surface area contributed by atoms with E-state index in [0.717, 1.165) is 40.7 Å². The Bertz CT molecular complexity index is 1190. The lowest BCUT2D eigenvalue weighted by atomic mass is 9.80. The summed E-state index contributed by atoms with van der Waals surface area (Å²) in [6.07, 6.45) is 6.62. The van der Waals surface area contributed by atoms with Gasteiger partial charge in [-0.05, 0) is 54.2 Å². The molecule has 3 aromatic rings. The van der Waals surface area contributed by atoms with Crippen LogP contribution in [-0.4, -0.2) is 24.3 Å². The van der Waals surface area contributed by atoms with Crippen LogP contribution in [0.4, 0.5) is 5.69 Å². The molecule has 1 N–H and O–H groups in total. The van der Waals surface area contributed by atoms with Crippen molar-refractivity contribution in [2.75, 3.05) is 12.4 Å². The predicted molar refractivity (Wildman–Crippen MR) is 126 cm³/mol. The largest absolute Gasteiger partial charge is 0.485 e. The summed E-state index contributed by atoms with van der Waals surface area (Å²) in [6.45, 7) is 0.288. The second-order valence-corrected chi connectivity index (χ2v) is 8.92. The van der Waals surface area contributed by atoms with Gasteiger partial charge in [0.05, 0.1) is 30.0 Å². The molecule has 170 valence electrons. The van der Waals surface area contributed by atoms with E-state index in [4.69, 9.17) is 9.47 Å². The van der Waals surface area contributed by atoms with Crippen LogP contribution in [0, 0.1) is 5.92 Å². The molecule has 0 saturated heterocycles. The third-order valence-electron chi connectivity index (χ3n) is 6.91. The maximum absolute atomic E-state index is 12.4. The lowest BCUT2D eigenvalue weighted by Gasteiger charge is -2.29. The summed E-state index contributed by atoms with van der Waals surface area (Å²) in [5.74, 6) is -0.424. The standard InChI is InChI=1S/C27H28N2O4/c1-32-27(31)22(15-30)20-14-25(24-13-21(20)26(29-24)18-8-3-2-4-9-18)33-16-19-12-11-17-7-5-6-10-23(17)28-19/h5-7,10-15,18,22,26,29H,2-4,8-9,16H2,1H3. The van der Waals surface area contributed by atoms with E-state index in [1.807, 2.05) is 48.5 Å². The van der Waals surface area contributed by atoms with Gasteiger partial charge in [0.15, 0.2) is 0 Å². The molecule has 0 radical (unpaired) electrons. The molecule has 1 aromatic heterocycles. The fourth-order valence-electron chi connectivity index (χ4n) is 5.19. The average Bonchev–Trinajstić information content (AvgIpc) is 3.25. The van der Waals surface area contributed by atoms with Crippen molar-refractivity contribution in [1.82, 2.24) is 4.98 Å². The zero-order valence-corrected chi connectivity index (χ0v) is 18.8. The number of aromatic nitrogens is 1. The van der Waals surface area contributed by atoms with Gasteiger partial charge in [-0.15, -0.1) is 0 Å². The van der Waals surface area contributed by atoms with E-state index >= 15 is 0 Å². The zero-order valence-electron chi connectivity index (χ0n) is 18.8. The molecule has 1 fully saturated rings. The van der Waals surface area contributed by atoms with Gasteiger partial charge in [0.25, 0.3) is 0 Å². The lowest BCUT2D eigenvalue weighted by Crippen LogP contribution is -2.23. The molecule has 6 heteroatoms. The van der Waals surface area contributed by atoms with Crippen molar-refractivity contribution in [3.05, 3.63) is 65.4 Å². The van der Waals surface area contributed by atoms with Gasteiger partial charge >= 0.3 is 5.97 Å². The molecule has 2 heterocycles. The first-order valence-corrected chi connectivity index (χ1v) is 11.6. The van der Waals surface area contributed by atoms with Gasteiger partial charge in [-0.25, -0.2) is 4.98 Å². The molecule has 1 saturated carbocycles. The Labute approximate surface area is 193 Å². The Balaban J connectivity index is 1.45. The highest BCUT2D eigenvalue weighted by Crippen LogP contribution is 2.48. The first-order chi connectivity index (χ1) is 16.2. The van der Waals surface area contributed by atoms with Crippen LogP contribution in [-0.2, 0) is 20.9 Å². The molecule has 0 spiro atoms. The number of benzene rings is 2. The molecule has 2 atom stereocenters. The lowest BCUT2D eigenvalue weighted by molar-refractivity contribution is -0.143. The smallest absolute Gasteiger partial charge is 0.320 e. The Morgan fingerprint density at radius 1 is 1.15 bits per heavy atom. The number of nitrogens with zero attached hydrogens (tertiary/aromatic N) is 1. The van der Waals surface area contributed by atoms with Crippen molar-refractivity contribution in [3.63, 3.8) is 0 Å². The van der Waals surface area contributed by atoms with E-state index in [0.29, 0.717) is 23.5 Å². The molecule has 1 aliphatic heterocycles. The van der Waals surface area contributed by atoms with Gasteiger partial charge in [-0.1, -0.05) is 43.5 Å². The number of nitrogens with one attached hydrogen (secondary N) is 1. The van der Waals surface area contributed by atoms with E-state index in [9.17, 15) is 9.59 Å². The molecule has 1 aliphatic carbocycles. The first kappa shape index (κ1) is 21.4. The molecule has 2 unspecified atom stereocenters. The third-order valence-corrected chi connectivity index (χ3v) is 6.91. The summed E-state index contributed by atoms with van der Waals surface area (Å²) >= 11 is 0. The van der Waals surface area contributed by atoms with Gasteiger partial charge in [-0.3, -0.25) is 4.79 Å². The fourth-order valence-corrected chi connectivity index (χ4v) is 5.19. The number of carbonyl (C=O) groups is 2. The number of anilines is 1. The van der Waals surface area contributed by atoms with E-state index in [2.05, 4.69) is 10.3 Å². The average molecular weight is 445 g/mol. The highest BCUT2D eigenvalue weighted by atomic mass is 16.5. The number of methoxy groups -OCH3 is 1. The molecular formula is C27H28N2O4. The van der Waals surface area contributed by atoms with Crippen LogP contribution in [0.3, 0.4) is 0 Å². The second kappa shape index (κ2) is 9.22. The van der Waals surface area contributed by atoms with Crippen molar-refractivity contribution in [2.45, 2.75) is 50.7 Å². The minimum atomic E-state index is -0.966. The molecule has 6 nitrogen and oxygen atoms in total. The molecule has 33 heavy (non-hydrogen) atoms. The number of carbonyl (C=O) groups excluding carboxylic acids is 2. The minimum Gasteiger partial charge on any atom is -0.485 e. The van der Waals surface area contributed by atoms with Crippen molar-refractivity contribution in [1.29, 1.82) is 0 Å². The Morgan fingerprint density at radius 2 is 1.97 bits per heavy atom. The number of ether oxygens (including phenoxy) is 2. The monoisotopic (exact) mass is 444 g/mol. The topological polar surface area (TPSA) is 77.5 Å². The quantitative estimate of drug-likeness (QED) is 0.302. The predicted octanol–water partition coefficient (Wildman–Crippen LogP) is 5.32. The minimum absolute atomic E-state index is 0.0820. The Hall–Kier alpha value is -3.41. The van der Waals surface area contributed by atoms with Gasteiger partial charge < -0.3 is 19.6 Å². The van der Waals surface area contributed by atoms with Crippen LogP contribution in [0.5, 0.6) is 5.75 Å². The summed E-state index contributed by atoms with van der Waals surface area (Å²) < 4.78 is 11.1. The van der Waals surface area contributed by atoms with E-state index in [1.54, 1.807) is 0 Å². The van der Waals surface area contributed by atoms with E-state index < -0.39 is 11.9 Å². The third kappa shape index (κ3) is 4.17. The number of esters is 1. The van der Waals surface area contributed by atoms with Gasteiger partial charge in [-0.2, -0.15) is 0 Å². The summed E-state index contributed by atoms with van der Waals surface area (Å²) in [5, 5.41) is 4.71.